The lowest BCUT2D eigenvalue weighted by Crippen LogP contribution is -2.44. The molecule has 0 spiro atoms. The molecule has 1 unspecified atom stereocenters. The predicted molar refractivity (Wildman–Crippen MR) is 64.7 cm³/mol. The van der Waals surface area contributed by atoms with E-state index < -0.39 is 0 Å². The number of rotatable bonds is 2. The van der Waals surface area contributed by atoms with Gasteiger partial charge < -0.3 is 9.73 Å². The van der Waals surface area contributed by atoms with Crippen LogP contribution in [0.3, 0.4) is 0 Å². The van der Waals surface area contributed by atoms with E-state index in [4.69, 9.17) is 4.42 Å². The molecule has 0 aromatic carbocycles. The van der Waals surface area contributed by atoms with Crippen molar-refractivity contribution in [3.63, 3.8) is 0 Å². The Kier molecular flexibility index (Phi) is 2.78. The first-order valence-corrected chi connectivity index (χ1v) is 6.01. The van der Waals surface area contributed by atoms with E-state index in [2.05, 4.69) is 27.1 Å². The second kappa shape index (κ2) is 4.43. The molecule has 1 N–H and O–H groups in total. The standard InChI is InChI=1S/C12H16N4O/c1-9(16-7-5-13-6-8-16)12-15-11-10(17-12)3-2-4-14-11/h2-4,9,13H,5-8H2,1H3. The summed E-state index contributed by atoms with van der Waals surface area (Å²) in [5.41, 5.74) is 1.47. The molecule has 1 atom stereocenters. The van der Waals surface area contributed by atoms with E-state index in [-0.39, 0.29) is 6.04 Å². The predicted octanol–water partition coefficient (Wildman–Crippen LogP) is 1.19. The maximum Gasteiger partial charge on any atom is 0.214 e. The Balaban J connectivity index is 1.86. The molecule has 0 aliphatic carbocycles. The van der Waals surface area contributed by atoms with E-state index in [9.17, 15) is 0 Å². The summed E-state index contributed by atoms with van der Waals surface area (Å²) in [6, 6.07) is 3.99. The first-order valence-electron chi connectivity index (χ1n) is 6.01. The van der Waals surface area contributed by atoms with Crippen LogP contribution in [0.4, 0.5) is 0 Å². The second-order valence-electron chi connectivity index (χ2n) is 4.34. The number of nitrogens with one attached hydrogen (secondary N) is 1. The third-order valence-corrected chi connectivity index (χ3v) is 3.24. The van der Waals surface area contributed by atoms with Gasteiger partial charge in [-0.2, -0.15) is 4.98 Å². The van der Waals surface area contributed by atoms with Gasteiger partial charge in [0.25, 0.3) is 0 Å². The second-order valence-corrected chi connectivity index (χ2v) is 4.34. The minimum absolute atomic E-state index is 0.214. The van der Waals surface area contributed by atoms with Crippen molar-refractivity contribution in [2.75, 3.05) is 26.2 Å². The Hall–Kier alpha value is -1.46. The number of nitrogens with zero attached hydrogens (tertiary/aromatic N) is 3. The SMILES string of the molecule is CC(c1nc2ncccc2o1)N1CCNCC1. The quantitative estimate of drug-likeness (QED) is 0.843. The molecule has 0 saturated carbocycles. The lowest BCUT2D eigenvalue weighted by Gasteiger charge is -2.30. The van der Waals surface area contributed by atoms with Crippen LogP contribution in [0.5, 0.6) is 0 Å². The van der Waals surface area contributed by atoms with Gasteiger partial charge in [-0.3, -0.25) is 4.90 Å². The van der Waals surface area contributed by atoms with Crippen LogP contribution in [0.2, 0.25) is 0 Å². The third-order valence-electron chi connectivity index (χ3n) is 3.24. The average Bonchev–Trinajstić information content (AvgIpc) is 2.82. The third kappa shape index (κ3) is 2.03. The Labute approximate surface area is 99.8 Å². The van der Waals surface area contributed by atoms with Crippen molar-refractivity contribution in [1.82, 2.24) is 20.2 Å². The molecule has 1 fully saturated rings. The largest absolute Gasteiger partial charge is 0.437 e. The summed E-state index contributed by atoms with van der Waals surface area (Å²) in [6.45, 7) is 6.27. The molecule has 2 aromatic heterocycles. The van der Waals surface area contributed by atoms with Crippen molar-refractivity contribution in [3.05, 3.63) is 24.2 Å². The van der Waals surface area contributed by atoms with Crippen molar-refractivity contribution in [2.45, 2.75) is 13.0 Å². The van der Waals surface area contributed by atoms with Crippen LogP contribution in [0.1, 0.15) is 18.9 Å². The molecule has 90 valence electrons. The van der Waals surface area contributed by atoms with Crippen LogP contribution in [-0.4, -0.2) is 41.0 Å². The zero-order valence-electron chi connectivity index (χ0n) is 9.89. The molecular formula is C12H16N4O. The normalized spacial score (nSPS) is 19.6. The van der Waals surface area contributed by atoms with Gasteiger partial charge in [-0.25, -0.2) is 4.98 Å². The average molecular weight is 232 g/mol. The summed E-state index contributed by atoms with van der Waals surface area (Å²) in [5.74, 6) is 0.764. The summed E-state index contributed by atoms with van der Waals surface area (Å²) in [6.07, 6.45) is 1.74. The number of pyridine rings is 1. The summed E-state index contributed by atoms with van der Waals surface area (Å²) >= 11 is 0. The van der Waals surface area contributed by atoms with Crippen LogP contribution in [-0.2, 0) is 0 Å². The first kappa shape index (κ1) is 10.7. The molecule has 1 saturated heterocycles. The Bertz CT molecular complexity index is 471. The van der Waals surface area contributed by atoms with Crippen molar-refractivity contribution in [3.8, 4) is 0 Å². The van der Waals surface area contributed by atoms with Crippen LogP contribution >= 0.6 is 0 Å². The molecule has 1 aliphatic heterocycles. The Morgan fingerprint density at radius 3 is 3.00 bits per heavy atom. The lowest BCUT2D eigenvalue weighted by atomic mass is 10.2. The van der Waals surface area contributed by atoms with Gasteiger partial charge in [-0.1, -0.05) is 0 Å². The molecule has 0 amide bonds. The molecular weight excluding hydrogens is 216 g/mol. The van der Waals surface area contributed by atoms with Gasteiger partial charge in [0.15, 0.2) is 11.2 Å². The molecule has 5 nitrogen and oxygen atoms in total. The number of piperazine rings is 1. The van der Waals surface area contributed by atoms with E-state index in [0.29, 0.717) is 5.65 Å². The number of oxazole rings is 1. The molecule has 3 rings (SSSR count). The van der Waals surface area contributed by atoms with Crippen molar-refractivity contribution in [2.24, 2.45) is 0 Å². The smallest absolute Gasteiger partial charge is 0.214 e. The summed E-state index contributed by atoms with van der Waals surface area (Å²) in [4.78, 5) is 11.0. The van der Waals surface area contributed by atoms with Crippen molar-refractivity contribution < 1.29 is 4.42 Å². The topological polar surface area (TPSA) is 54.2 Å². The molecule has 0 radical (unpaired) electrons. The fraction of sp³-hybridized carbons (Fsp3) is 0.500. The van der Waals surface area contributed by atoms with Gasteiger partial charge in [-0.15, -0.1) is 0 Å². The van der Waals surface area contributed by atoms with E-state index >= 15 is 0 Å². The Morgan fingerprint density at radius 1 is 1.41 bits per heavy atom. The highest BCUT2D eigenvalue weighted by Crippen LogP contribution is 2.23. The fourth-order valence-corrected chi connectivity index (χ4v) is 2.19. The number of hydrogen-bond donors (Lipinski definition) is 1. The van der Waals surface area contributed by atoms with Gasteiger partial charge in [0.2, 0.25) is 5.89 Å². The first-order chi connectivity index (χ1) is 8.34. The van der Waals surface area contributed by atoms with Crippen LogP contribution in [0.15, 0.2) is 22.7 Å². The van der Waals surface area contributed by atoms with E-state index in [1.54, 1.807) is 6.20 Å². The summed E-state index contributed by atoms with van der Waals surface area (Å²) in [7, 11) is 0. The molecule has 1 aliphatic rings. The number of aromatic nitrogens is 2. The maximum absolute atomic E-state index is 5.75. The molecule has 17 heavy (non-hydrogen) atoms. The van der Waals surface area contributed by atoms with Crippen LogP contribution < -0.4 is 5.32 Å². The highest BCUT2D eigenvalue weighted by molar-refractivity contribution is 5.66. The Morgan fingerprint density at radius 2 is 2.24 bits per heavy atom. The van der Waals surface area contributed by atoms with Crippen LogP contribution in [0, 0.1) is 0 Å². The highest BCUT2D eigenvalue weighted by Gasteiger charge is 2.22. The minimum Gasteiger partial charge on any atom is -0.437 e. The number of fused-ring (bicyclic) bond motifs is 1. The van der Waals surface area contributed by atoms with Gasteiger partial charge in [0.1, 0.15) is 0 Å². The van der Waals surface area contributed by atoms with Crippen LogP contribution in [0.25, 0.3) is 11.2 Å². The zero-order chi connectivity index (χ0) is 11.7. The van der Waals surface area contributed by atoms with Gasteiger partial charge in [-0.05, 0) is 19.1 Å². The maximum atomic E-state index is 5.75. The molecule has 0 bridgehead atoms. The fourth-order valence-electron chi connectivity index (χ4n) is 2.19. The summed E-state index contributed by atoms with van der Waals surface area (Å²) < 4.78 is 5.75. The van der Waals surface area contributed by atoms with Gasteiger partial charge >= 0.3 is 0 Å². The molecule has 2 aromatic rings. The zero-order valence-corrected chi connectivity index (χ0v) is 9.89. The summed E-state index contributed by atoms with van der Waals surface area (Å²) in [5, 5.41) is 3.34. The van der Waals surface area contributed by atoms with Crippen molar-refractivity contribution >= 4 is 11.2 Å². The number of hydrogen-bond acceptors (Lipinski definition) is 5. The monoisotopic (exact) mass is 232 g/mol. The molecule has 3 heterocycles. The van der Waals surface area contributed by atoms with Gasteiger partial charge in [0, 0.05) is 32.4 Å². The van der Waals surface area contributed by atoms with E-state index in [1.807, 2.05) is 12.1 Å². The molecule has 5 heteroatoms. The lowest BCUT2D eigenvalue weighted by molar-refractivity contribution is 0.164. The van der Waals surface area contributed by atoms with E-state index in [1.165, 1.54) is 0 Å². The van der Waals surface area contributed by atoms with Crippen molar-refractivity contribution in [1.29, 1.82) is 0 Å². The highest BCUT2D eigenvalue weighted by atomic mass is 16.4. The minimum atomic E-state index is 0.214. The van der Waals surface area contributed by atoms with Gasteiger partial charge in [0.05, 0.1) is 6.04 Å². The van der Waals surface area contributed by atoms with E-state index in [0.717, 1.165) is 37.7 Å².